The van der Waals surface area contributed by atoms with Crippen LogP contribution in [0.5, 0.6) is 0 Å². The second-order valence-corrected chi connectivity index (χ2v) is 1.01. The van der Waals surface area contributed by atoms with E-state index in [9.17, 15) is 4.79 Å². The van der Waals surface area contributed by atoms with Gasteiger partial charge in [0, 0.05) is 0 Å². The number of hydrogen-bond donors (Lipinski definition) is 2. The Bertz CT molecular complexity index is 61.2. The second-order valence-electron chi connectivity index (χ2n) is 1.01. The van der Waals surface area contributed by atoms with E-state index in [1.807, 2.05) is 0 Å². The van der Waals surface area contributed by atoms with E-state index in [1.54, 1.807) is 0 Å². The summed E-state index contributed by atoms with van der Waals surface area (Å²) in [4.78, 5) is 9.45. The van der Waals surface area contributed by atoms with E-state index in [4.69, 9.17) is 10.2 Å². The molecule has 2 N–H and O–H groups in total. The van der Waals surface area contributed by atoms with Gasteiger partial charge in [-0.05, 0) is 17.9 Å². The van der Waals surface area contributed by atoms with Gasteiger partial charge in [0.2, 0.25) is 0 Å². The minimum Gasteiger partial charge on any atom is -0.479 e. The number of carboxylic acids is 1. The van der Waals surface area contributed by atoms with Crippen molar-refractivity contribution in [3.63, 3.8) is 0 Å². The van der Waals surface area contributed by atoms with Crippen molar-refractivity contribution in [3.8, 4) is 0 Å². The van der Waals surface area contributed by atoms with E-state index >= 15 is 0 Å². The third kappa shape index (κ3) is 5.65. The molecule has 0 saturated heterocycles. The van der Waals surface area contributed by atoms with Crippen molar-refractivity contribution in [2.75, 3.05) is 0 Å². The normalized spacial score (nSPS) is 11.7. The molecule has 0 aliphatic carbocycles. The fourth-order valence-corrected chi connectivity index (χ4v) is 0. The zero-order valence-electron chi connectivity index (χ0n) is 3.38. The Morgan fingerprint density at radius 2 is 1.86 bits per heavy atom. The predicted octanol–water partition coefficient (Wildman–Crippen LogP) is -2.00. The third-order valence-electron chi connectivity index (χ3n) is 0.357. The molecule has 7 heavy (non-hydrogen) atoms. The molecular formula is C3H10O3Si. The van der Waals surface area contributed by atoms with Crippen LogP contribution < -0.4 is 0 Å². The molecule has 3 nitrogen and oxygen atoms in total. The topological polar surface area (TPSA) is 57.5 Å². The largest absolute Gasteiger partial charge is 0.479 e. The number of carboxylic acid groups (broad SMARTS) is 1. The van der Waals surface area contributed by atoms with Gasteiger partial charge in [-0.1, -0.05) is 0 Å². The van der Waals surface area contributed by atoms with Crippen LogP contribution >= 0.6 is 0 Å². The first-order chi connectivity index (χ1) is 2.64. The van der Waals surface area contributed by atoms with Crippen LogP contribution in [0.3, 0.4) is 0 Å². The molecule has 0 amide bonds. The first-order valence-electron chi connectivity index (χ1n) is 1.55. The number of aliphatic hydroxyl groups is 1. The highest BCUT2D eigenvalue weighted by Gasteiger charge is 2.01. The molecule has 0 radical (unpaired) electrons. The standard InChI is InChI=1S/C3H6O3.H4Si/c1-2(4)3(5)6;/h2,4H,1H3,(H,5,6);1H4. The van der Waals surface area contributed by atoms with Crippen molar-refractivity contribution in [1.29, 1.82) is 0 Å². The van der Waals surface area contributed by atoms with E-state index in [2.05, 4.69) is 0 Å². The maximum atomic E-state index is 9.45. The summed E-state index contributed by atoms with van der Waals surface area (Å²) in [6.45, 7) is 1.20. The Kier molecular flexibility index (Phi) is 5.36. The minimum absolute atomic E-state index is 0. The molecule has 0 heterocycles. The lowest BCUT2D eigenvalue weighted by molar-refractivity contribution is -0.145. The number of aliphatic hydroxyl groups excluding tert-OH is 1. The van der Waals surface area contributed by atoms with Crippen molar-refractivity contribution in [2.45, 2.75) is 13.0 Å². The molecular weight excluding hydrogens is 112 g/mol. The Morgan fingerprint density at radius 1 is 1.71 bits per heavy atom. The average Bonchev–Trinajstić information content (AvgIpc) is 1.36. The van der Waals surface area contributed by atoms with Crippen molar-refractivity contribution in [1.82, 2.24) is 0 Å². The van der Waals surface area contributed by atoms with Gasteiger partial charge in [0.05, 0.1) is 0 Å². The summed E-state index contributed by atoms with van der Waals surface area (Å²) >= 11 is 0. The molecule has 0 aromatic heterocycles. The van der Waals surface area contributed by atoms with E-state index < -0.39 is 12.1 Å². The summed E-state index contributed by atoms with van der Waals surface area (Å²) < 4.78 is 0. The van der Waals surface area contributed by atoms with Gasteiger partial charge in [0.15, 0.2) is 0 Å². The van der Waals surface area contributed by atoms with Crippen molar-refractivity contribution < 1.29 is 15.0 Å². The second kappa shape index (κ2) is 3.82. The van der Waals surface area contributed by atoms with Gasteiger partial charge in [-0.25, -0.2) is 4.79 Å². The highest BCUT2D eigenvalue weighted by atomic mass is 28.1. The van der Waals surface area contributed by atoms with Crippen LogP contribution in [0.1, 0.15) is 6.92 Å². The lowest BCUT2D eigenvalue weighted by Crippen LogP contribution is -2.13. The molecule has 1 atom stereocenters. The summed E-state index contributed by atoms with van der Waals surface area (Å²) in [7, 11) is 0. The monoisotopic (exact) mass is 122 g/mol. The summed E-state index contributed by atoms with van der Waals surface area (Å²) in [5.41, 5.74) is 0. The van der Waals surface area contributed by atoms with E-state index in [-0.39, 0.29) is 11.0 Å². The van der Waals surface area contributed by atoms with Crippen molar-refractivity contribution in [3.05, 3.63) is 0 Å². The SMILES string of the molecule is CC(O)C(=O)O.[SiH4]. The highest BCUT2D eigenvalue weighted by molar-refractivity contribution is 5.75. The Hall–Kier alpha value is -0.353. The van der Waals surface area contributed by atoms with E-state index in [0.29, 0.717) is 0 Å². The Labute approximate surface area is 46.0 Å². The first kappa shape index (κ1) is 9.82. The lowest BCUT2D eigenvalue weighted by Gasteiger charge is -1.89. The van der Waals surface area contributed by atoms with Gasteiger partial charge >= 0.3 is 5.97 Å². The molecule has 1 unspecified atom stereocenters. The van der Waals surface area contributed by atoms with Gasteiger partial charge in [-0.15, -0.1) is 0 Å². The Balaban J connectivity index is 0. The molecule has 0 aliphatic heterocycles. The van der Waals surface area contributed by atoms with Gasteiger partial charge in [-0.2, -0.15) is 0 Å². The summed E-state index contributed by atoms with van der Waals surface area (Å²) in [6, 6.07) is 0. The van der Waals surface area contributed by atoms with Crippen molar-refractivity contribution in [2.24, 2.45) is 0 Å². The van der Waals surface area contributed by atoms with Crippen LogP contribution in [0.25, 0.3) is 0 Å². The fourth-order valence-electron chi connectivity index (χ4n) is 0. The maximum absolute atomic E-state index is 9.45. The molecule has 0 saturated carbocycles. The molecule has 0 aliphatic rings. The smallest absolute Gasteiger partial charge is 0.332 e. The van der Waals surface area contributed by atoms with Gasteiger partial charge in [0.25, 0.3) is 0 Å². The minimum atomic E-state index is -1.23. The van der Waals surface area contributed by atoms with E-state index in [1.165, 1.54) is 6.92 Å². The van der Waals surface area contributed by atoms with Crippen LogP contribution in [-0.2, 0) is 4.79 Å². The lowest BCUT2D eigenvalue weighted by atomic mass is 10.4. The molecule has 0 aromatic rings. The molecule has 0 aromatic carbocycles. The maximum Gasteiger partial charge on any atom is 0.332 e. The molecule has 0 rings (SSSR count). The number of aliphatic carboxylic acids is 1. The first-order valence-corrected chi connectivity index (χ1v) is 1.55. The highest BCUT2D eigenvalue weighted by Crippen LogP contribution is 1.73. The van der Waals surface area contributed by atoms with E-state index in [0.717, 1.165) is 0 Å². The zero-order chi connectivity index (χ0) is 5.15. The predicted molar refractivity (Wildman–Crippen MR) is 30.7 cm³/mol. The third-order valence-corrected chi connectivity index (χ3v) is 0.357. The summed E-state index contributed by atoms with van der Waals surface area (Å²) in [5.74, 6) is -1.19. The van der Waals surface area contributed by atoms with Gasteiger partial charge in [0.1, 0.15) is 6.10 Å². The van der Waals surface area contributed by atoms with Crippen LogP contribution in [-0.4, -0.2) is 33.3 Å². The van der Waals surface area contributed by atoms with Crippen LogP contribution in [0.4, 0.5) is 0 Å². The van der Waals surface area contributed by atoms with Crippen LogP contribution in [0.15, 0.2) is 0 Å². The molecule has 0 fully saturated rings. The Morgan fingerprint density at radius 3 is 1.86 bits per heavy atom. The van der Waals surface area contributed by atoms with Crippen LogP contribution in [0, 0.1) is 0 Å². The van der Waals surface area contributed by atoms with Crippen LogP contribution in [0.2, 0.25) is 0 Å². The van der Waals surface area contributed by atoms with Crippen molar-refractivity contribution >= 4 is 16.9 Å². The molecule has 0 bridgehead atoms. The average molecular weight is 122 g/mol. The fraction of sp³-hybridized carbons (Fsp3) is 0.667. The summed E-state index contributed by atoms with van der Waals surface area (Å²) in [6.07, 6.45) is -1.23. The number of rotatable bonds is 1. The van der Waals surface area contributed by atoms with Gasteiger partial charge < -0.3 is 10.2 Å². The molecule has 4 heteroatoms. The summed E-state index contributed by atoms with van der Waals surface area (Å²) in [5, 5.41) is 15.8. The quantitative estimate of drug-likeness (QED) is 0.395. The number of hydrogen-bond acceptors (Lipinski definition) is 2. The molecule has 0 spiro atoms. The zero-order valence-corrected chi connectivity index (χ0v) is 3.38. The number of carbonyl (C=O) groups is 1. The van der Waals surface area contributed by atoms with Gasteiger partial charge in [-0.3, -0.25) is 0 Å². The molecule has 44 valence electrons.